The molecule has 5 nitrogen and oxygen atoms in total. The van der Waals surface area contributed by atoms with E-state index in [0.29, 0.717) is 5.82 Å². The second kappa shape index (κ2) is 3.36. The summed E-state index contributed by atoms with van der Waals surface area (Å²) in [6, 6.07) is 1.30. The zero-order chi connectivity index (χ0) is 9.14. The highest BCUT2D eigenvalue weighted by Crippen LogP contribution is 2.09. The Kier molecular flexibility index (Phi) is 2.44. The summed E-state index contributed by atoms with van der Waals surface area (Å²) in [7, 11) is 1.62. The van der Waals surface area contributed by atoms with Gasteiger partial charge in [0, 0.05) is 13.1 Å². The van der Waals surface area contributed by atoms with Crippen LogP contribution in [0.5, 0.6) is 0 Å². The normalized spacial score (nSPS) is 9.50. The van der Waals surface area contributed by atoms with E-state index in [2.05, 4.69) is 15.3 Å². The van der Waals surface area contributed by atoms with E-state index in [1.807, 2.05) is 0 Å². The number of aromatic carboxylic acids is 1. The van der Waals surface area contributed by atoms with E-state index in [1.54, 1.807) is 7.05 Å². The Hall–Kier alpha value is -1.36. The van der Waals surface area contributed by atoms with Gasteiger partial charge in [-0.05, 0) is 11.6 Å². The maximum Gasteiger partial charge on any atom is 0.354 e. The molecule has 12 heavy (non-hydrogen) atoms. The number of hydrogen-bond acceptors (Lipinski definition) is 4. The monoisotopic (exact) mass is 187 g/mol. The molecule has 1 aromatic rings. The van der Waals surface area contributed by atoms with Crippen molar-refractivity contribution in [3.05, 3.63) is 17.0 Å². The van der Waals surface area contributed by atoms with Gasteiger partial charge in [-0.15, -0.1) is 0 Å². The van der Waals surface area contributed by atoms with E-state index in [4.69, 9.17) is 16.7 Å². The van der Waals surface area contributed by atoms with Crippen molar-refractivity contribution in [3.63, 3.8) is 0 Å². The molecule has 64 valence electrons. The quantitative estimate of drug-likeness (QED) is 0.672. The van der Waals surface area contributed by atoms with Gasteiger partial charge in [0.1, 0.15) is 5.82 Å². The molecule has 0 radical (unpaired) electrons. The van der Waals surface area contributed by atoms with Gasteiger partial charge in [-0.1, -0.05) is 0 Å². The number of rotatable bonds is 2. The first-order valence-electron chi connectivity index (χ1n) is 3.09. The highest BCUT2D eigenvalue weighted by Gasteiger charge is 2.07. The minimum atomic E-state index is -1.13. The van der Waals surface area contributed by atoms with Gasteiger partial charge in [0.25, 0.3) is 0 Å². The lowest BCUT2D eigenvalue weighted by molar-refractivity contribution is 0.0690. The molecule has 1 rings (SSSR count). The fourth-order valence-corrected chi connectivity index (χ4v) is 0.838. The number of halogens is 1. The van der Waals surface area contributed by atoms with Crippen LogP contribution in [0, 0.1) is 0 Å². The van der Waals surface area contributed by atoms with Crippen LogP contribution in [0.2, 0.25) is 5.28 Å². The lowest BCUT2D eigenvalue weighted by atomic mass is 10.4. The second-order valence-electron chi connectivity index (χ2n) is 1.96. The average Bonchev–Trinajstić information content (AvgIpc) is 2.03. The van der Waals surface area contributed by atoms with Crippen LogP contribution in [0.4, 0.5) is 5.82 Å². The van der Waals surface area contributed by atoms with Crippen LogP contribution in [0.3, 0.4) is 0 Å². The zero-order valence-corrected chi connectivity index (χ0v) is 6.96. The third-order valence-electron chi connectivity index (χ3n) is 1.17. The van der Waals surface area contributed by atoms with Gasteiger partial charge >= 0.3 is 5.97 Å². The predicted octanol–water partition coefficient (Wildman–Crippen LogP) is 0.870. The third kappa shape index (κ3) is 1.82. The van der Waals surface area contributed by atoms with Crippen LogP contribution in [-0.4, -0.2) is 28.1 Å². The first-order chi connectivity index (χ1) is 5.63. The van der Waals surface area contributed by atoms with Gasteiger partial charge in [-0.25, -0.2) is 14.8 Å². The summed E-state index contributed by atoms with van der Waals surface area (Å²) in [5, 5.41) is 11.1. The van der Waals surface area contributed by atoms with E-state index >= 15 is 0 Å². The minimum absolute atomic E-state index is 0.0840. The molecule has 0 spiro atoms. The zero-order valence-electron chi connectivity index (χ0n) is 6.21. The van der Waals surface area contributed by atoms with Gasteiger partial charge in [0.2, 0.25) is 5.28 Å². The van der Waals surface area contributed by atoms with Crippen molar-refractivity contribution < 1.29 is 9.90 Å². The van der Waals surface area contributed by atoms with Gasteiger partial charge in [-0.2, -0.15) is 0 Å². The summed E-state index contributed by atoms with van der Waals surface area (Å²) >= 11 is 5.45. The number of carbonyl (C=O) groups is 1. The van der Waals surface area contributed by atoms with E-state index in [0.717, 1.165) is 0 Å². The molecule has 0 aliphatic rings. The first-order valence-corrected chi connectivity index (χ1v) is 3.47. The number of aromatic nitrogens is 2. The Labute approximate surface area is 73.4 Å². The molecule has 1 heterocycles. The summed E-state index contributed by atoms with van der Waals surface area (Å²) < 4.78 is 0. The van der Waals surface area contributed by atoms with Crippen molar-refractivity contribution in [2.24, 2.45) is 0 Å². The number of nitrogens with one attached hydrogen (secondary N) is 1. The lowest BCUT2D eigenvalue weighted by Gasteiger charge is -1.99. The van der Waals surface area contributed by atoms with Crippen molar-refractivity contribution in [1.82, 2.24) is 9.97 Å². The molecule has 0 aliphatic carbocycles. The lowest BCUT2D eigenvalue weighted by Crippen LogP contribution is -2.04. The van der Waals surface area contributed by atoms with Crippen LogP contribution < -0.4 is 5.32 Å². The molecular weight excluding hydrogens is 182 g/mol. The summed E-state index contributed by atoms with van der Waals surface area (Å²) in [6.45, 7) is 0. The van der Waals surface area contributed by atoms with Crippen molar-refractivity contribution in [1.29, 1.82) is 0 Å². The molecule has 0 saturated carbocycles. The van der Waals surface area contributed by atoms with Crippen molar-refractivity contribution in [3.8, 4) is 0 Å². The fourth-order valence-electron chi connectivity index (χ4n) is 0.655. The number of nitrogens with zero attached hydrogens (tertiary/aromatic N) is 2. The van der Waals surface area contributed by atoms with Gasteiger partial charge in [-0.3, -0.25) is 0 Å². The second-order valence-corrected chi connectivity index (χ2v) is 2.30. The highest BCUT2D eigenvalue weighted by molar-refractivity contribution is 6.28. The standard InChI is InChI=1S/C6H6ClN3O2/c1-8-4-2-3(5(11)12)9-6(7)10-4/h2H,1H3,(H,11,12)(H,8,9,10). The summed E-state index contributed by atoms with van der Waals surface area (Å²) in [5.41, 5.74) is -0.126. The van der Waals surface area contributed by atoms with Crippen LogP contribution in [-0.2, 0) is 0 Å². The third-order valence-corrected chi connectivity index (χ3v) is 1.34. The Morgan fingerprint density at radius 1 is 1.67 bits per heavy atom. The Bertz CT molecular complexity index is 316. The SMILES string of the molecule is CNc1cc(C(=O)O)nc(Cl)n1. The van der Waals surface area contributed by atoms with Crippen LogP contribution in [0.25, 0.3) is 0 Å². The van der Waals surface area contributed by atoms with E-state index < -0.39 is 5.97 Å². The van der Waals surface area contributed by atoms with Crippen molar-refractivity contribution >= 4 is 23.4 Å². The molecule has 1 aromatic heterocycles. The maximum absolute atomic E-state index is 10.4. The Balaban J connectivity index is 3.15. The summed E-state index contributed by atoms with van der Waals surface area (Å²) in [6.07, 6.45) is 0. The van der Waals surface area contributed by atoms with E-state index in [-0.39, 0.29) is 11.0 Å². The van der Waals surface area contributed by atoms with Crippen LogP contribution >= 0.6 is 11.6 Å². The van der Waals surface area contributed by atoms with Gasteiger partial charge in [0.05, 0.1) is 0 Å². The van der Waals surface area contributed by atoms with Crippen molar-refractivity contribution in [2.45, 2.75) is 0 Å². The minimum Gasteiger partial charge on any atom is -0.477 e. The summed E-state index contributed by atoms with van der Waals surface area (Å²) in [5.74, 6) is -0.747. The fraction of sp³-hybridized carbons (Fsp3) is 0.167. The Morgan fingerprint density at radius 3 is 2.83 bits per heavy atom. The smallest absolute Gasteiger partial charge is 0.354 e. The van der Waals surface area contributed by atoms with Crippen molar-refractivity contribution in [2.75, 3.05) is 12.4 Å². The molecule has 0 unspecified atom stereocenters. The number of carboxylic acids is 1. The highest BCUT2D eigenvalue weighted by atomic mass is 35.5. The average molecular weight is 188 g/mol. The van der Waals surface area contributed by atoms with Crippen LogP contribution in [0.1, 0.15) is 10.5 Å². The largest absolute Gasteiger partial charge is 0.477 e. The van der Waals surface area contributed by atoms with E-state index in [9.17, 15) is 4.79 Å². The van der Waals surface area contributed by atoms with Gasteiger partial charge in [0.15, 0.2) is 5.69 Å². The molecule has 6 heteroatoms. The molecule has 0 fully saturated rings. The molecule has 0 amide bonds. The number of hydrogen-bond donors (Lipinski definition) is 2. The molecule has 0 saturated heterocycles. The summed E-state index contributed by atoms with van der Waals surface area (Å²) in [4.78, 5) is 17.7. The van der Waals surface area contributed by atoms with Crippen LogP contribution in [0.15, 0.2) is 6.07 Å². The topological polar surface area (TPSA) is 75.1 Å². The maximum atomic E-state index is 10.4. The molecule has 0 aliphatic heterocycles. The van der Waals surface area contributed by atoms with E-state index in [1.165, 1.54) is 6.07 Å². The number of carboxylic acid groups (broad SMARTS) is 1. The molecular formula is C6H6ClN3O2. The first kappa shape index (κ1) is 8.73. The predicted molar refractivity (Wildman–Crippen MR) is 43.5 cm³/mol. The Morgan fingerprint density at radius 2 is 2.33 bits per heavy atom. The molecule has 0 aromatic carbocycles. The molecule has 0 bridgehead atoms. The molecule has 2 N–H and O–H groups in total. The number of anilines is 1. The van der Waals surface area contributed by atoms with Gasteiger partial charge < -0.3 is 10.4 Å². The molecule has 0 atom stereocenters.